The van der Waals surface area contributed by atoms with Crippen LogP contribution in [0.2, 0.25) is 0 Å². The van der Waals surface area contributed by atoms with Gasteiger partial charge in [-0.15, -0.1) is 0 Å². The normalized spacial score (nSPS) is 13.6. The summed E-state index contributed by atoms with van der Waals surface area (Å²) in [5, 5.41) is 11.6. The van der Waals surface area contributed by atoms with Crippen LogP contribution >= 0.6 is 0 Å². The number of carbonyl (C=O) groups excluding carboxylic acids is 3. The van der Waals surface area contributed by atoms with E-state index in [2.05, 4.69) is 62.5 Å². The van der Waals surface area contributed by atoms with Crippen LogP contribution in [-0.2, 0) is 28.6 Å². The maximum atomic E-state index is 12.7. The zero-order chi connectivity index (χ0) is 38.5. The summed E-state index contributed by atoms with van der Waals surface area (Å²) in [6, 6.07) is -0.732. The molecule has 0 bridgehead atoms. The molecule has 0 N–H and O–H groups in total. The summed E-state index contributed by atoms with van der Waals surface area (Å²) in [4.78, 5) is 36.7. The number of carboxylic acids is 1. The molecule has 0 saturated carbocycles. The monoisotopic (exact) mass is 730 g/mol. The standard InChI is InChI=1S/C44H75NO7/c1-6-8-10-12-14-16-18-20-21-23-25-27-29-31-33-35-43(47)52-40(38-50-37-36-41(44(48)49)45(3,4)5)39-51-42(46)34-32-30-28-26-24-22-19-17-15-13-11-9-7-2/h9,11,13-20,40-41H,6-8,10,12,21-39H2,1-5H3/b11-9+,15-13+,16-14+,19-17+,20-18+. The molecule has 8 heteroatoms. The highest BCUT2D eigenvalue weighted by Crippen LogP contribution is 2.13. The van der Waals surface area contributed by atoms with Crippen molar-refractivity contribution in [3.63, 3.8) is 0 Å². The van der Waals surface area contributed by atoms with Gasteiger partial charge in [-0.05, 0) is 57.8 Å². The van der Waals surface area contributed by atoms with Crippen LogP contribution in [-0.4, -0.2) is 75.5 Å². The Hall–Kier alpha value is -2.97. The smallest absolute Gasteiger partial charge is 0.306 e. The second-order valence-electron chi connectivity index (χ2n) is 14.6. The van der Waals surface area contributed by atoms with Crippen molar-refractivity contribution in [3.8, 4) is 0 Å². The van der Waals surface area contributed by atoms with E-state index in [4.69, 9.17) is 14.2 Å². The molecule has 0 spiro atoms. The minimum absolute atomic E-state index is 0.0265. The molecule has 0 aliphatic carbocycles. The van der Waals surface area contributed by atoms with Crippen LogP contribution < -0.4 is 5.11 Å². The van der Waals surface area contributed by atoms with Crippen molar-refractivity contribution >= 4 is 17.9 Å². The molecule has 2 atom stereocenters. The Morgan fingerprint density at radius 1 is 0.596 bits per heavy atom. The number of hydrogen-bond donors (Lipinski definition) is 0. The van der Waals surface area contributed by atoms with Gasteiger partial charge in [-0.3, -0.25) is 9.59 Å². The van der Waals surface area contributed by atoms with E-state index in [1.165, 1.54) is 32.1 Å². The molecule has 2 unspecified atom stereocenters. The summed E-state index contributed by atoms with van der Waals surface area (Å²) in [6.45, 7) is 4.44. The van der Waals surface area contributed by atoms with E-state index in [-0.39, 0.29) is 42.7 Å². The number of hydrogen-bond acceptors (Lipinski definition) is 7. The minimum Gasteiger partial charge on any atom is -0.544 e. The SMILES string of the molecule is CC/C=C/C=C/C=C/CCCCCCCC(=O)OCC(COCCC(C(=O)[O-])[N+](C)(C)C)OC(=O)CCCCCCCC/C=C/C=C/CCCCC. The van der Waals surface area contributed by atoms with E-state index < -0.39 is 18.1 Å². The average Bonchev–Trinajstić information content (AvgIpc) is 3.09. The Morgan fingerprint density at radius 2 is 1.08 bits per heavy atom. The summed E-state index contributed by atoms with van der Waals surface area (Å²) < 4.78 is 17.1. The van der Waals surface area contributed by atoms with Crippen LogP contribution in [0.5, 0.6) is 0 Å². The Morgan fingerprint density at radius 3 is 1.60 bits per heavy atom. The van der Waals surface area contributed by atoms with Crippen LogP contribution in [0.1, 0.15) is 149 Å². The molecule has 0 radical (unpaired) electrons. The van der Waals surface area contributed by atoms with Crippen molar-refractivity contribution in [1.82, 2.24) is 0 Å². The van der Waals surface area contributed by atoms with Gasteiger partial charge < -0.3 is 28.6 Å². The minimum atomic E-state index is -1.13. The lowest BCUT2D eigenvalue weighted by atomic mass is 10.1. The number of esters is 2. The summed E-state index contributed by atoms with van der Waals surface area (Å²) >= 11 is 0. The van der Waals surface area contributed by atoms with E-state index in [9.17, 15) is 19.5 Å². The molecular weight excluding hydrogens is 654 g/mol. The topological polar surface area (TPSA) is 102 Å². The third kappa shape index (κ3) is 32.9. The van der Waals surface area contributed by atoms with Gasteiger partial charge in [-0.25, -0.2) is 0 Å². The molecule has 0 heterocycles. The molecule has 0 aromatic carbocycles. The maximum absolute atomic E-state index is 12.7. The van der Waals surface area contributed by atoms with E-state index in [0.717, 1.165) is 83.5 Å². The van der Waals surface area contributed by atoms with Gasteiger partial charge in [-0.1, -0.05) is 132 Å². The van der Waals surface area contributed by atoms with Crippen LogP contribution in [0.4, 0.5) is 0 Å². The molecular formula is C44H75NO7. The summed E-state index contributed by atoms with van der Waals surface area (Å²) in [5.74, 6) is -1.79. The first-order valence-electron chi connectivity index (χ1n) is 20.4. The molecule has 0 amide bonds. The first-order valence-corrected chi connectivity index (χ1v) is 20.4. The number of allylic oxidation sites excluding steroid dienone is 10. The van der Waals surface area contributed by atoms with Crippen molar-refractivity contribution in [2.75, 3.05) is 41.0 Å². The lowest BCUT2D eigenvalue weighted by molar-refractivity contribution is -0.889. The zero-order valence-electron chi connectivity index (χ0n) is 33.7. The lowest BCUT2D eigenvalue weighted by Gasteiger charge is -2.34. The molecule has 0 saturated heterocycles. The van der Waals surface area contributed by atoms with Crippen LogP contribution in [0, 0.1) is 0 Å². The second-order valence-corrected chi connectivity index (χ2v) is 14.6. The third-order valence-electron chi connectivity index (χ3n) is 8.73. The second kappa shape index (κ2) is 35.1. The highest BCUT2D eigenvalue weighted by molar-refractivity contribution is 5.70. The fourth-order valence-electron chi connectivity index (χ4n) is 5.53. The Balaban J connectivity index is 4.45. The Kier molecular flexibility index (Phi) is 33.1. The number of quaternary nitrogens is 1. The van der Waals surface area contributed by atoms with Gasteiger partial charge in [0.05, 0.1) is 40.3 Å². The van der Waals surface area contributed by atoms with Crippen LogP contribution in [0.15, 0.2) is 60.8 Å². The number of carbonyl (C=O) groups is 3. The number of likely N-dealkylation sites (N-methyl/N-ethyl adjacent to an activating group) is 1. The fraction of sp³-hybridized carbons (Fsp3) is 0.705. The number of nitrogens with zero attached hydrogens (tertiary/aromatic N) is 1. The Bertz CT molecular complexity index is 1040. The summed E-state index contributed by atoms with van der Waals surface area (Å²) in [7, 11) is 5.38. The highest BCUT2D eigenvalue weighted by Gasteiger charge is 2.25. The van der Waals surface area contributed by atoms with Gasteiger partial charge in [0.1, 0.15) is 12.6 Å². The van der Waals surface area contributed by atoms with Crippen molar-refractivity contribution in [2.45, 2.75) is 161 Å². The van der Waals surface area contributed by atoms with Crippen LogP contribution in [0.25, 0.3) is 0 Å². The summed E-state index contributed by atoms with van der Waals surface area (Å²) in [5.41, 5.74) is 0. The van der Waals surface area contributed by atoms with Crippen molar-refractivity contribution in [3.05, 3.63) is 60.8 Å². The zero-order valence-corrected chi connectivity index (χ0v) is 33.7. The predicted molar refractivity (Wildman–Crippen MR) is 212 cm³/mol. The fourth-order valence-corrected chi connectivity index (χ4v) is 5.53. The molecule has 8 nitrogen and oxygen atoms in total. The quantitative estimate of drug-likeness (QED) is 0.0277. The van der Waals surface area contributed by atoms with Gasteiger partial charge in [0.15, 0.2) is 6.10 Å². The van der Waals surface area contributed by atoms with E-state index in [1.54, 1.807) is 21.1 Å². The lowest BCUT2D eigenvalue weighted by Crippen LogP contribution is -2.55. The molecule has 298 valence electrons. The average molecular weight is 730 g/mol. The molecule has 0 aromatic heterocycles. The third-order valence-corrected chi connectivity index (χ3v) is 8.73. The van der Waals surface area contributed by atoms with Gasteiger partial charge in [-0.2, -0.15) is 0 Å². The van der Waals surface area contributed by atoms with E-state index in [1.807, 2.05) is 12.2 Å². The van der Waals surface area contributed by atoms with Gasteiger partial charge in [0.2, 0.25) is 0 Å². The van der Waals surface area contributed by atoms with Gasteiger partial charge in [0, 0.05) is 19.3 Å². The van der Waals surface area contributed by atoms with Crippen molar-refractivity contribution in [2.24, 2.45) is 0 Å². The number of aliphatic carboxylic acids is 1. The number of ether oxygens (including phenoxy) is 3. The largest absolute Gasteiger partial charge is 0.544 e. The van der Waals surface area contributed by atoms with Gasteiger partial charge in [0.25, 0.3) is 0 Å². The number of rotatable bonds is 35. The molecule has 0 rings (SSSR count). The van der Waals surface area contributed by atoms with E-state index >= 15 is 0 Å². The van der Waals surface area contributed by atoms with Crippen molar-refractivity contribution in [1.29, 1.82) is 0 Å². The first-order chi connectivity index (χ1) is 25.1. The van der Waals surface area contributed by atoms with E-state index in [0.29, 0.717) is 12.8 Å². The molecule has 0 aliphatic rings. The van der Waals surface area contributed by atoms with Crippen molar-refractivity contribution < 1.29 is 38.2 Å². The predicted octanol–water partition coefficient (Wildman–Crippen LogP) is 9.30. The molecule has 0 fully saturated rings. The summed E-state index contributed by atoms with van der Waals surface area (Å²) in [6.07, 6.45) is 41.0. The molecule has 52 heavy (non-hydrogen) atoms. The Labute approximate surface area is 318 Å². The molecule has 0 aliphatic heterocycles. The highest BCUT2D eigenvalue weighted by atomic mass is 16.6. The maximum Gasteiger partial charge on any atom is 0.306 e. The number of carboxylic acid groups (broad SMARTS) is 1. The molecule has 0 aromatic rings. The van der Waals surface area contributed by atoms with Gasteiger partial charge >= 0.3 is 11.9 Å². The first kappa shape index (κ1) is 49.0. The van der Waals surface area contributed by atoms with Crippen LogP contribution in [0.3, 0.4) is 0 Å². The number of unbranched alkanes of at least 4 members (excludes halogenated alkanes) is 14.